The molecule has 6 heteroatoms. The van der Waals surface area contributed by atoms with Gasteiger partial charge in [-0.3, -0.25) is 4.72 Å². The molecule has 0 spiro atoms. The van der Waals surface area contributed by atoms with Crippen LogP contribution in [-0.4, -0.2) is 11.1 Å². The number of aryl methyl sites for hydroxylation is 1. The van der Waals surface area contributed by atoms with E-state index in [0.29, 0.717) is 15.6 Å². The number of hydrogen-bond acceptors (Lipinski definition) is 3. The molecule has 0 saturated heterocycles. The third-order valence-corrected chi connectivity index (χ3v) is 5.59. The zero-order chi connectivity index (χ0) is 15.7. The fourth-order valence-corrected chi connectivity index (χ4v) is 3.89. The Morgan fingerprint density at radius 2 is 2.09 bits per heavy atom. The van der Waals surface area contributed by atoms with Crippen molar-refractivity contribution in [1.29, 1.82) is 0 Å². The molecule has 1 aliphatic carbocycles. The fraction of sp³-hybridized carbons (Fsp3) is 0.188. The van der Waals surface area contributed by atoms with Crippen molar-refractivity contribution in [1.82, 2.24) is 4.72 Å². The van der Waals surface area contributed by atoms with Gasteiger partial charge in [0, 0.05) is 10.9 Å². The van der Waals surface area contributed by atoms with Crippen molar-refractivity contribution in [3.8, 4) is 0 Å². The number of nitrogens with one attached hydrogen (secondary N) is 1. The Balaban J connectivity index is 1.77. The van der Waals surface area contributed by atoms with Crippen molar-refractivity contribution < 1.29 is 9.90 Å². The van der Waals surface area contributed by atoms with Crippen LogP contribution in [0.5, 0.6) is 0 Å². The summed E-state index contributed by atoms with van der Waals surface area (Å²) in [5.41, 5.74) is 2.56. The molecule has 0 fully saturated rings. The van der Waals surface area contributed by atoms with Gasteiger partial charge >= 0.3 is 5.97 Å². The van der Waals surface area contributed by atoms with Crippen molar-refractivity contribution in [3.63, 3.8) is 0 Å². The van der Waals surface area contributed by atoms with E-state index < -0.39 is 5.97 Å². The van der Waals surface area contributed by atoms with Crippen LogP contribution in [-0.2, 0) is 6.42 Å². The number of benzene rings is 2. The Morgan fingerprint density at radius 3 is 2.86 bits per heavy atom. The summed E-state index contributed by atoms with van der Waals surface area (Å²) in [5.74, 6) is -0.904. The van der Waals surface area contributed by atoms with Gasteiger partial charge in [-0.25, -0.2) is 4.79 Å². The predicted octanol–water partition coefficient (Wildman–Crippen LogP) is 4.98. The normalized spacial score (nSPS) is 16.5. The highest BCUT2D eigenvalue weighted by molar-refractivity contribution is 7.97. The smallest absolute Gasteiger partial charge is 0.335 e. The number of carboxylic acids is 1. The molecular weight excluding hydrogens is 341 g/mol. The van der Waals surface area contributed by atoms with Gasteiger partial charge in [-0.2, -0.15) is 0 Å². The van der Waals surface area contributed by atoms with Crippen LogP contribution in [0.15, 0.2) is 41.3 Å². The van der Waals surface area contributed by atoms with Crippen LogP contribution in [0.25, 0.3) is 0 Å². The summed E-state index contributed by atoms with van der Waals surface area (Å²) in [6.07, 6.45) is 1.88. The zero-order valence-electron chi connectivity index (χ0n) is 11.5. The average molecular weight is 354 g/mol. The van der Waals surface area contributed by atoms with Crippen LogP contribution in [0.4, 0.5) is 0 Å². The monoisotopic (exact) mass is 353 g/mol. The fourth-order valence-electron chi connectivity index (χ4n) is 2.56. The molecule has 22 heavy (non-hydrogen) atoms. The highest BCUT2D eigenvalue weighted by Gasteiger charge is 2.24. The van der Waals surface area contributed by atoms with Crippen LogP contribution in [0.3, 0.4) is 0 Å². The summed E-state index contributed by atoms with van der Waals surface area (Å²) < 4.78 is 3.37. The second kappa shape index (κ2) is 6.50. The minimum absolute atomic E-state index is 0.106. The molecule has 0 aliphatic heterocycles. The molecule has 0 radical (unpaired) electrons. The first-order chi connectivity index (χ1) is 10.6. The van der Waals surface area contributed by atoms with Crippen LogP contribution in [0, 0.1) is 0 Å². The molecule has 3 rings (SSSR count). The SMILES string of the molecule is O=C(O)c1ccc2c(c1)C(NSc1cccc(Cl)c1Cl)CC2. The third-order valence-electron chi connectivity index (χ3n) is 3.70. The number of rotatable bonds is 4. The Morgan fingerprint density at radius 1 is 1.27 bits per heavy atom. The molecule has 0 bridgehead atoms. The summed E-state index contributed by atoms with van der Waals surface area (Å²) in [6.45, 7) is 0. The largest absolute Gasteiger partial charge is 0.478 e. The van der Waals surface area contributed by atoms with Crippen molar-refractivity contribution in [2.45, 2.75) is 23.8 Å². The number of halogens is 2. The molecule has 0 amide bonds. The predicted molar refractivity (Wildman–Crippen MR) is 89.9 cm³/mol. The van der Waals surface area contributed by atoms with E-state index in [4.69, 9.17) is 28.3 Å². The minimum Gasteiger partial charge on any atom is -0.478 e. The van der Waals surface area contributed by atoms with E-state index in [1.807, 2.05) is 18.2 Å². The topological polar surface area (TPSA) is 49.3 Å². The molecular formula is C16H13Cl2NO2S. The molecule has 114 valence electrons. The minimum atomic E-state index is -0.904. The van der Waals surface area contributed by atoms with Gasteiger partial charge in [0.2, 0.25) is 0 Å². The Bertz CT molecular complexity index is 736. The van der Waals surface area contributed by atoms with Crippen LogP contribution in [0.2, 0.25) is 10.0 Å². The quantitative estimate of drug-likeness (QED) is 0.761. The summed E-state index contributed by atoms with van der Waals surface area (Å²) >= 11 is 13.6. The second-order valence-electron chi connectivity index (χ2n) is 5.08. The summed E-state index contributed by atoms with van der Waals surface area (Å²) in [4.78, 5) is 12.0. The summed E-state index contributed by atoms with van der Waals surface area (Å²) in [6, 6.07) is 10.9. The standard InChI is InChI=1S/C16H13Cl2NO2S/c17-12-2-1-3-14(15(12)18)22-19-13-7-6-9-4-5-10(16(20)21)8-11(9)13/h1-5,8,13,19H,6-7H2,(H,20,21). The molecule has 0 aromatic heterocycles. The molecule has 1 atom stereocenters. The van der Waals surface area contributed by atoms with Crippen LogP contribution < -0.4 is 4.72 Å². The lowest BCUT2D eigenvalue weighted by Gasteiger charge is -2.14. The number of fused-ring (bicyclic) bond motifs is 1. The molecule has 2 N–H and O–H groups in total. The van der Waals surface area contributed by atoms with Gasteiger partial charge in [0.25, 0.3) is 0 Å². The lowest BCUT2D eigenvalue weighted by molar-refractivity contribution is 0.0697. The van der Waals surface area contributed by atoms with Gasteiger partial charge in [0.1, 0.15) is 0 Å². The lowest BCUT2D eigenvalue weighted by Crippen LogP contribution is -2.11. The Labute approximate surface area is 142 Å². The molecule has 1 unspecified atom stereocenters. The first-order valence-electron chi connectivity index (χ1n) is 6.79. The van der Waals surface area contributed by atoms with Gasteiger partial charge in [-0.05, 0) is 60.2 Å². The first-order valence-corrected chi connectivity index (χ1v) is 8.36. The third kappa shape index (κ3) is 3.10. The first kappa shape index (κ1) is 15.7. The molecule has 0 saturated carbocycles. The van der Waals surface area contributed by atoms with Gasteiger partial charge < -0.3 is 5.11 Å². The van der Waals surface area contributed by atoms with E-state index in [1.54, 1.807) is 18.2 Å². The maximum atomic E-state index is 11.1. The highest BCUT2D eigenvalue weighted by Crippen LogP contribution is 2.37. The maximum Gasteiger partial charge on any atom is 0.335 e. The molecule has 2 aromatic rings. The maximum absolute atomic E-state index is 11.1. The molecule has 1 aliphatic rings. The zero-order valence-corrected chi connectivity index (χ0v) is 13.8. The van der Waals surface area contributed by atoms with E-state index in [9.17, 15) is 4.79 Å². The highest BCUT2D eigenvalue weighted by atomic mass is 35.5. The number of carbonyl (C=O) groups is 1. The number of aromatic carboxylic acids is 1. The molecule has 3 nitrogen and oxygen atoms in total. The van der Waals surface area contributed by atoms with Gasteiger partial charge in [0.05, 0.1) is 15.6 Å². The molecule has 2 aromatic carbocycles. The van der Waals surface area contributed by atoms with Crippen molar-refractivity contribution in [2.24, 2.45) is 0 Å². The van der Waals surface area contributed by atoms with Gasteiger partial charge in [-0.1, -0.05) is 35.3 Å². The second-order valence-corrected chi connectivity index (χ2v) is 6.75. The summed E-state index contributed by atoms with van der Waals surface area (Å²) in [7, 11) is 0. The lowest BCUT2D eigenvalue weighted by atomic mass is 10.0. The van der Waals surface area contributed by atoms with Gasteiger partial charge in [-0.15, -0.1) is 0 Å². The van der Waals surface area contributed by atoms with Gasteiger partial charge in [0.15, 0.2) is 0 Å². The number of hydrogen-bond donors (Lipinski definition) is 2. The Hall–Kier alpha value is -1.20. The van der Waals surface area contributed by atoms with E-state index >= 15 is 0 Å². The van der Waals surface area contributed by atoms with E-state index in [2.05, 4.69) is 4.72 Å². The van der Waals surface area contributed by atoms with E-state index in [0.717, 1.165) is 23.3 Å². The Kier molecular flexibility index (Phi) is 4.64. The molecule has 0 heterocycles. The number of carboxylic acid groups (broad SMARTS) is 1. The summed E-state index contributed by atoms with van der Waals surface area (Å²) in [5, 5.41) is 10.2. The van der Waals surface area contributed by atoms with Crippen LogP contribution >= 0.6 is 35.1 Å². The van der Waals surface area contributed by atoms with Crippen LogP contribution in [0.1, 0.15) is 33.9 Å². The van der Waals surface area contributed by atoms with Crippen molar-refractivity contribution >= 4 is 41.1 Å². The van der Waals surface area contributed by atoms with Crippen molar-refractivity contribution in [3.05, 3.63) is 63.1 Å². The van der Waals surface area contributed by atoms with E-state index in [-0.39, 0.29) is 6.04 Å². The van der Waals surface area contributed by atoms with Crippen molar-refractivity contribution in [2.75, 3.05) is 0 Å². The van der Waals surface area contributed by atoms with E-state index in [1.165, 1.54) is 17.5 Å². The average Bonchev–Trinajstić information content (AvgIpc) is 2.91.